The highest BCUT2D eigenvalue weighted by molar-refractivity contribution is 5.68. The summed E-state index contributed by atoms with van der Waals surface area (Å²) in [7, 11) is 0. The molecule has 1 aliphatic heterocycles. The molecule has 92 valence electrons. The molecule has 0 amide bonds. The van der Waals surface area contributed by atoms with Gasteiger partial charge in [-0.15, -0.1) is 0 Å². The van der Waals surface area contributed by atoms with E-state index in [0.717, 1.165) is 26.1 Å². The molecular formula is C13H17NO3. The number of hydrogen-bond donors (Lipinski definition) is 1. The van der Waals surface area contributed by atoms with Crippen molar-refractivity contribution in [3.63, 3.8) is 0 Å². The molecule has 2 rings (SSSR count). The zero-order valence-electron chi connectivity index (χ0n) is 9.71. The maximum absolute atomic E-state index is 10.4. The zero-order valence-corrected chi connectivity index (χ0v) is 9.71. The van der Waals surface area contributed by atoms with Crippen LogP contribution in [0.5, 0.6) is 0 Å². The molecule has 1 aromatic rings. The largest absolute Gasteiger partial charge is 0.480 e. The third-order valence-corrected chi connectivity index (χ3v) is 2.92. The van der Waals surface area contributed by atoms with Crippen LogP contribution in [0.1, 0.15) is 12.0 Å². The molecule has 1 atom stereocenters. The van der Waals surface area contributed by atoms with Gasteiger partial charge in [0.2, 0.25) is 0 Å². The molecule has 1 heterocycles. The number of nitrogens with zero attached hydrogens (tertiary/aromatic N) is 1. The minimum Gasteiger partial charge on any atom is -0.480 e. The van der Waals surface area contributed by atoms with Crippen molar-refractivity contribution in [2.75, 3.05) is 19.7 Å². The molecule has 1 aromatic carbocycles. The van der Waals surface area contributed by atoms with Gasteiger partial charge >= 0.3 is 5.97 Å². The second kappa shape index (κ2) is 5.80. The van der Waals surface area contributed by atoms with Crippen LogP contribution < -0.4 is 0 Å². The molecule has 1 saturated heterocycles. The summed E-state index contributed by atoms with van der Waals surface area (Å²) >= 11 is 0. The molecule has 0 radical (unpaired) electrons. The number of ether oxygens (including phenoxy) is 1. The lowest BCUT2D eigenvalue weighted by Crippen LogP contribution is -2.24. The van der Waals surface area contributed by atoms with E-state index in [1.165, 1.54) is 5.56 Å². The van der Waals surface area contributed by atoms with Crippen molar-refractivity contribution in [3.8, 4) is 0 Å². The first-order chi connectivity index (χ1) is 8.24. The second-order valence-corrected chi connectivity index (χ2v) is 4.34. The van der Waals surface area contributed by atoms with Gasteiger partial charge in [0, 0.05) is 19.6 Å². The number of benzene rings is 1. The smallest absolute Gasteiger partial charge is 0.329 e. The van der Waals surface area contributed by atoms with Gasteiger partial charge in [0.25, 0.3) is 0 Å². The topological polar surface area (TPSA) is 49.8 Å². The Morgan fingerprint density at radius 2 is 2.18 bits per heavy atom. The fourth-order valence-electron chi connectivity index (χ4n) is 2.11. The lowest BCUT2D eigenvalue weighted by atomic mass is 10.2. The lowest BCUT2D eigenvalue weighted by Gasteiger charge is -2.15. The Morgan fingerprint density at radius 1 is 1.41 bits per heavy atom. The molecule has 4 heteroatoms. The van der Waals surface area contributed by atoms with Crippen molar-refractivity contribution in [2.24, 2.45) is 0 Å². The fourth-order valence-corrected chi connectivity index (χ4v) is 2.11. The Labute approximate surface area is 101 Å². The van der Waals surface area contributed by atoms with Gasteiger partial charge in [-0.1, -0.05) is 30.3 Å². The van der Waals surface area contributed by atoms with Crippen LogP contribution in [0, 0.1) is 0 Å². The molecule has 1 aliphatic rings. The number of rotatable bonds is 5. The predicted octanol–water partition coefficient (Wildman–Crippen LogP) is 1.36. The van der Waals surface area contributed by atoms with E-state index in [0.29, 0.717) is 0 Å². The van der Waals surface area contributed by atoms with Crippen LogP contribution in [-0.4, -0.2) is 41.8 Å². The minimum absolute atomic E-state index is 0.0646. The molecule has 1 N–H and O–H groups in total. The summed E-state index contributed by atoms with van der Waals surface area (Å²) in [6, 6.07) is 10.3. The Morgan fingerprint density at radius 3 is 2.88 bits per heavy atom. The lowest BCUT2D eigenvalue weighted by molar-refractivity contribution is -0.144. The van der Waals surface area contributed by atoms with Crippen LogP contribution in [0.15, 0.2) is 30.3 Å². The van der Waals surface area contributed by atoms with Crippen molar-refractivity contribution in [3.05, 3.63) is 35.9 Å². The molecule has 0 aromatic heterocycles. The normalized spacial score (nSPS) is 20.6. The number of carbonyl (C=O) groups is 1. The molecule has 0 unspecified atom stereocenters. The van der Waals surface area contributed by atoms with E-state index < -0.39 is 5.97 Å². The summed E-state index contributed by atoms with van der Waals surface area (Å²) in [5.41, 5.74) is 1.28. The standard InChI is InChI=1S/C13H17NO3/c15-13(16)10-17-12-6-7-14(9-12)8-11-4-2-1-3-5-11/h1-5,12H,6-10H2,(H,15,16)/t12-/m0/s1. The number of hydrogen-bond acceptors (Lipinski definition) is 3. The van der Waals surface area contributed by atoms with Gasteiger partial charge in [0.05, 0.1) is 6.10 Å². The predicted molar refractivity (Wildman–Crippen MR) is 63.7 cm³/mol. The average Bonchev–Trinajstić information content (AvgIpc) is 2.75. The number of aliphatic carboxylic acids is 1. The Bertz CT molecular complexity index is 366. The van der Waals surface area contributed by atoms with Crippen molar-refractivity contribution in [1.82, 2.24) is 4.90 Å². The highest BCUT2D eigenvalue weighted by atomic mass is 16.5. The van der Waals surface area contributed by atoms with Crippen LogP contribution in [0.3, 0.4) is 0 Å². The number of likely N-dealkylation sites (tertiary alicyclic amines) is 1. The monoisotopic (exact) mass is 235 g/mol. The summed E-state index contributed by atoms with van der Waals surface area (Å²) < 4.78 is 5.29. The first kappa shape index (κ1) is 12.1. The Kier molecular flexibility index (Phi) is 4.12. The molecule has 1 fully saturated rings. The van der Waals surface area contributed by atoms with Crippen LogP contribution in [-0.2, 0) is 16.1 Å². The first-order valence-electron chi connectivity index (χ1n) is 5.84. The van der Waals surface area contributed by atoms with E-state index in [2.05, 4.69) is 17.0 Å². The summed E-state index contributed by atoms with van der Waals surface area (Å²) in [5.74, 6) is -0.897. The summed E-state index contributed by atoms with van der Waals surface area (Å²) in [6.45, 7) is 2.51. The van der Waals surface area contributed by atoms with Crippen molar-refractivity contribution in [2.45, 2.75) is 19.1 Å². The molecular weight excluding hydrogens is 218 g/mol. The molecule has 0 bridgehead atoms. The van der Waals surface area contributed by atoms with Crippen LogP contribution >= 0.6 is 0 Å². The third kappa shape index (κ3) is 3.84. The van der Waals surface area contributed by atoms with Crippen LogP contribution in [0.2, 0.25) is 0 Å². The van der Waals surface area contributed by atoms with Gasteiger partial charge in [-0.25, -0.2) is 4.79 Å². The van der Waals surface area contributed by atoms with Gasteiger partial charge in [0.1, 0.15) is 6.61 Å². The highest BCUT2D eigenvalue weighted by Gasteiger charge is 2.23. The average molecular weight is 235 g/mol. The van der Waals surface area contributed by atoms with Gasteiger partial charge in [-0.2, -0.15) is 0 Å². The summed E-state index contributed by atoms with van der Waals surface area (Å²) in [5, 5.41) is 8.54. The summed E-state index contributed by atoms with van der Waals surface area (Å²) in [4.78, 5) is 12.7. The maximum atomic E-state index is 10.4. The van der Waals surface area contributed by atoms with Gasteiger partial charge in [-0.3, -0.25) is 4.90 Å². The zero-order chi connectivity index (χ0) is 12.1. The maximum Gasteiger partial charge on any atom is 0.329 e. The van der Waals surface area contributed by atoms with Crippen molar-refractivity contribution in [1.29, 1.82) is 0 Å². The molecule has 0 aliphatic carbocycles. The van der Waals surface area contributed by atoms with E-state index in [1.54, 1.807) is 0 Å². The molecule has 0 spiro atoms. The minimum atomic E-state index is -0.897. The van der Waals surface area contributed by atoms with E-state index in [9.17, 15) is 4.79 Å². The Hall–Kier alpha value is -1.39. The van der Waals surface area contributed by atoms with E-state index >= 15 is 0 Å². The number of carboxylic acids is 1. The van der Waals surface area contributed by atoms with Gasteiger partial charge in [0.15, 0.2) is 0 Å². The first-order valence-corrected chi connectivity index (χ1v) is 5.84. The van der Waals surface area contributed by atoms with Gasteiger partial charge < -0.3 is 9.84 Å². The van der Waals surface area contributed by atoms with Gasteiger partial charge in [-0.05, 0) is 12.0 Å². The molecule has 17 heavy (non-hydrogen) atoms. The Balaban J connectivity index is 1.76. The fraction of sp³-hybridized carbons (Fsp3) is 0.462. The highest BCUT2D eigenvalue weighted by Crippen LogP contribution is 2.15. The SMILES string of the molecule is O=C(O)CO[C@H]1CCN(Cc2ccccc2)C1. The second-order valence-electron chi connectivity index (χ2n) is 4.34. The van der Waals surface area contributed by atoms with E-state index in [4.69, 9.17) is 9.84 Å². The third-order valence-electron chi connectivity index (χ3n) is 2.92. The van der Waals surface area contributed by atoms with Crippen molar-refractivity contribution >= 4 is 5.97 Å². The van der Waals surface area contributed by atoms with E-state index in [1.807, 2.05) is 18.2 Å². The van der Waals surface area contributed by atoms with Crippen LogP contribution in [0.25, 0.3) is 0 Å². The quantitative estimate of drug-likeness (QED) is 0.837. The van der Waals surface area contributed by atoms with Crippen LogP contribution in [0.4, 0.5) is 0 Å². The summed E-state index contributed by atoms with van der Waals surface area (Å²) in [6.07, 6.45) is 0.981. The van der Waals surface area contributed by atoms with Crippen molar-refractivity contribution < 1.29 is 14.6 Å². The molecule has 4 nitrogen and oxygen atoms in total. The number of carboxylic acid groups (broad SMARTS) is 1. The molecule has 0 saturated carbocycles. The van der Waals surface area contributed by atoms with E-state index in [-0.39, 0.29) is 12.7 Å².